The van der Waals surface area contributed by atoms with Gasteiger partial charge < -0.3 is 0 Å². The second-order valence-corrected chi connectivity index (χ2v) is 4.62. The molecule has 0 spiro atoms. The largest absolute Gasteiger partial charge is 0.140 e. The molecular weight excluding hydrogens is 131 g/mol. The predicted octanol–water partition coefficient (Wildman–Crippen LogP) is 3.47. The van der Waals surface area contributed by atoms with Crippen molar-refractivity contribution >= 4 is 6.71 Å². The van der Waals surface area contributed by atoms with Gasteiger partial charge in [-0.3, -0.25) is 0 Å². The summed E-state index contributed by atoms with van der Waals surface area (Å²) in [7, 11) is 0. The van der Waals surface area contributed by atoms with Gasteiger partial charge in [-0.05, 0) is 5.92 Å². The van der Waals surface area contributed by atoms with E-state index in [1.807, 2.05) is 0 Å². The van der Waals surface area contributed by atoms with Crippen LogP contribution >= 0.6 is 0 Å². The molecule has 1 heterocycles. The zero-order valence-electron chi connectivity index (χ0n) is 7.68. The molecule has 2 rings (SSSR count). The van der Waals surface area contributed by atoms with Crippen molar-refractivity contribution in [1.82, 2.24) is 0 Å². The lowest BCUT2D eigenvalue weighted by Crippen LogP contribution is -2.30. The summed E-state index contributed by atoms with van der Waals surface area (Å²) in [5.74, 6) is 2.25. The highest BCUT2D eigenvalue weighted by Crippen LogP contribution is 2.44. The Kier molecular flexibility index (Phi) is 2.24. The molecule has 1 aliphatic carbocycles. The molecule has 1 saturated heterocycles. The Morgan fingerprint density at radius 1 is 1.00 bits per heavy atom. The maximum atomic E-state index is 2.47. The number of fused-ring (bicyclic) bond motifs is 1. The summed E-state index contributed by atoms with van der Waals surface area (Å²) >= 11 is 0. The summed E-state index contributed by atoms with van der Waals surface area (Å²) in [6.07, 6.45) is 10.7. The topological polar surface area (TPSA) is 0 Å². The fourth-order valence-corrected chi connectivity index (χ4v) is 3.26. The second-order valence-electron chi connectivity index (χ2n) is 4.62. The highest BCUT2D eigenvalue weighted by atomic mass is 14.3. The Bertz CT molecular complexity index is 131. The zero-order valence-corrected chi connectivity index (χ0v) is 7.68. The van der Waals surface area contributed by atoms with Crippen LogP contribution in [0.2, 0.25) is 19.0 Å². The van der Waals surface area contributed by atoms with Gasteiger partial charge in [0, 0.05) is 0 Å². The zero-order chi connectivity index (χ0) is 7.68. The third-order valence-corrected chi connectivity index (χ3v) is 3.93. The van der Waals surface area contributed by atoms with Gasteiger partial charge in [0.05, 0.1) is 0 Å². The average Bonchev–Trinajstić information content (AvgIpc) is 2.06. The molecular formula is C10H19B. The van der Waals surface area contributed by atoms with Gasteiger partial charge in [0.2, 0.25) is 0 Å². The molecule has 0 aromatic rings. The van der Waals surface area contributed by atoms with Crippen molar-refractivity contribution < 1.29 is 0 Å². The van der Waals surface area contributed by atoms with Gasteiger partial charge in [-0.2, -0.15) is 0 Å². The van der Waals surface area contributed by atoms with Crippen molar-refractivity contribution in [2.45, 2.75) is 57.5 Å². The van der Waals surface area contributed by atoms with Crippen LogP contribution in [0, 0.1) is 5.92 Å². The highest BCUT2D eigenvalue weighted by Gasteiger charge is 2.33. The van der Waals surface area contributed by atoms with Crippen LogP contribution in [-0.2, 0) is 0 Å². The van der Waals surface area contributed by atoms with Crippen molar-refractivity contribution in [3.8, 4) is 0 Å². The van der Waals surface area contributed by atoms with Crippen LogP contribution in [-0.4, -0.2) is 6.71 Å². The van der Waals surface area contributed by atoms with Crippen LogP contribution in [0.1, 0.15) is 38.5 Å². The Morgan fingerprint density at radius 3 is 2.55 bits per heavy atom. The van der Waals surface area contributed by atoms with Gasteiger partial charge >= 0.3 is 0 Å². The van der Waals surface area contributed by atoms with E-state index in [4.69, 9.17) is 0 Å². The maximum Gasteiger partial charge on any atom is 0.140 e. The minimum absolute atomic E-state index is 1.05. The number of hydrogen-bond donors (Lipinski definition) is 0. The molecule has 1 aliphatic heterocycles. The first-order valence-corrected chi connectivity index (χ1v) is 5.38. The third kappa shape index (κ3) is 1.48. The van der Waals surface area contributed by atoms with Gasteiger partial charge in [-0.25, -0.2) is 0 Å². The van der Waals surface area contributed by atoms with E-state index < -0.39 is 0 Å². The molecule has 2 aliphatic rings. The fourth-order valence-electron chi connectivity index (χ4n) is 3.26. The van der Waals surface area contributed by atoms with Crippen LogP contribution in [0.15, 0.2) is 0 Å². The minimum Gasteiger partial charge on any atom is -0.0859 e. The molecule has 11 heavy (non-hydrogen) atoms. The van der Waals surface area contributed by atoms with E-state index in [1.54, 1.807) is 19.3 Å². The van der Waals surface area contributed by atoms with E-state index in [0.29, 0.717) is 0 Å². The lowest BCUT2D eigenvalue weighted by atomic mass is 9.33. The molecule has 2 atom stereocenters. The minimum atomic E-state index is 1.05. The molecule has 62 valence electrons. The molecule has 0 aromatic carbocycles. The van der Waals surface area contributed by atoms with Gasteiger partial charge in [0.1, 0.15) is 6.71 Å². The molecule has 0 aromatic heterocycles. The van der Waals surface area contributed by atoms with E-state index in [0.717, 1.165) is 18.4 Å². The maximum absolute atomic E-state index is 2.47. The van der Waals surface area contributed by atoms with Crippen molar-refractivity contribution in [1.29, 1.82) is 0 Å². The first kappa shape index (κ1) is 7.70. The Hall–Kier alpha value is 0.0649. The van der Waals surface area contributed by atoms with E-state index in [9.17, 15) is 0 Å². The molecule has 1 heteroatoms. The van der Waals surface area contributed by atoms with Crippen molar-refractivity contribution in [2.75, 3.05) is 0 Å². The van der Waals surface area contributed by atoms with Crippen molar-refractivity contribution in [3.05, 3.63) is 0 Å². The highest BCUT2D eigenvalue weighted by molar-refractivity contribution is 6.59. The smallest absolute Gasteiger partial charge is 0.0859 e. The quantitative estimate of drug-likeness (QED) is 0.464. The second kappa shape index (κ2) is 3.20. The first-order chi connectivity index (χ1) is 5.38. The van der Waals surface area contributed by atoms with Crippen LogP contribution in [0.5, 0.6) is 0 Å². The molecule has 0 amide bonds. The normalized spacial score (nSPS) is 38.5. The average molecular weight is 150 g/mol. The SMILES string of the molecule is CB1CCCC2CCCCC12. The summed E-state index contributed by atoms with van der Waals surface area (Å²) < 4.78 is 0. The molecule has 0 N–H and O–H groups in total. The monoisotopic (exact) mass is 150 g/mol. The van der Waals surface area contributed by atoms with Crippen molar-refractivity contribution in [2.24, 2.45) is 5.92 Å². The summed E-state index contributed by atoms with van der Waals surface area (Å²) in [5, 5.41) is 0. The Morgan fingerprint density at radius 2 is 1.73 bits per heavy atom. The van der Waals surface area contributed by atoms with Gasteiger partial charge in [0.25, 0.3) is 0 Å². The van der Waals surface area contributed by atoms with E-state index in [-0.39, 0.29) is 0 Å². The van der Waals surface area contributed by atoms with Crippen LogP contribution in [0.4, 0.5) is 0 Å². The third-order valence-electron chi connectivity index (χ3n) is 3.93. The standard InChI is InChI=1S/C10H19B/c1-11-8-4-6-9-5-2-3-7-10(9)11/h9-10H,2-8H2,1H3. The number of rotatable bonds is 0. The van der Waals surface area contributed by atoms with Crippen molar-refractivity contribution in [3.63, 3.8) is 0 Å². The summed E-state index contributed by atoms with van der Waals surface area (Å²) in [6.45, 7) is 3.52. The van der Waals surface area contributed by atoms with E-state index in [1.165, 1.54) is 25.6 Å². The summed E-state index contributed by atoms with van der Waals surface area (Å²) in [6, 6.07) is 0. The molecule has 1 saturated carbocycles. The first-order valence-electron chi connectivity index (χ1n) is 5.38. The van der Waals surface area contributed by atoms with Gasteiger partial charge in [-0.1, -0.05) is 57.5 Å². The molecule has 2 fully saturated rings. The predicted molar refractivity (Wildman–Crippen MR) is 51.4 cm³/mol. The van der Waals surface area contributed by atoms with Crippen LogP contribution < -0.4 is 0 Å². The van der Waals surface area contributed by atoms with E-state index >= 15 is 0 Å². The van der Waals surface area contributed by atoms with Gasteiger partial charge in [0.15, 0.2) is 0 Å². The molecule has 0 nitrogen and oxygen atoms in total. The molecule has 2 unspecified atom stereocenters. The summed E-state index contributed by atoms with van der Waals surface area (Å²) in [5.41, 5.74) is 0. The molecule has 0 radical (unpaired) electrons. The lowest BCUT2D eigenvalue weighted by molar-refractivity contribution is 0.318. The van der Waals surface area contributed by atoms with Crippen LogP contribution in [0.25, 0.3) is 0 Å². The Balaban J connectivity index is 1.99. The van der Waals surface area contributed by atoms with E-state index in [2.05, 4.69) is 6.82 Å². The summed E-state index contributed by atoms with van der Waals surface area (Å²) in [4.78, 5) is 0. The molecule has 0 bridgehead atoms. The Labute approximate surface area is 70.8 Å². The van der Waals surface area contributed by atoms with Gasteiger partial charge in [-0.15, -0.1) is 0 Å². The number of hydrogen-bond acceptors (Lipinski definition) is 0. The van der Waals surface area contributed by atoms with Crippen LogP contribution in [0.3, 0.4) is 0 Å². The fraction of sp³-hybridized carbons (Fsp3) is 1.00. The lowest BCUT2D eigenvalue weighted by Gasteiger charge is -2.38.